The second-order valence-electron chi connectivity index (χ2n) is 6.28. The summed E-state index contributed by atoms with van der Waals surface area (Å²) in [5.74, 6) is 0.302. The highest BCUT2D eigenvalue weighted by atomic mass is 32.2. The van der Waals surface area contributed by atoms with E-state index >= 15 is 0 Å². The first-order chi connectivity index (χ1) is 12.8. The third kappa shape index (κ3) is 5.08. The van der Waals surface area contributed by atoms with Crippen molar-refractivity contribution in [2.24, 2.45) is 0 Å². The van der Waals surface area contributed by atoms with Crippen molar-refractivity contribution in [3.8, 4) is 5.75 Å². The molecule has 0 aliphatic heterocycles. The van der Waals surface area contributed by atoms with Gasteiger partial charge in [0.25, 0.3) is 0 Å². The number of ether oxygens (including phenoxy) is 1. The number of likely N-dealkylation sites (N-methyl/N-ethyl adjacent to an activating group) is 1. The number of hydrogen-bond donors (Lipinski definition) is 1. The molecule has 6 nitrogen and oxygen atoms in total. The molecule has 0 aliphatic rings. The topological polar surface area (TPSA) is 75.7 Å². The minimum atomic E-state index is -3.73. The van der Waals surface area contributed by atoms with E-state index in [1.54, 1.807) is 38.3 Å². The normalized spacial score (nSPS) is 12.6. The summed E-state index contributed by atoms with van der Waals surface area (Å²) < 4.78 is 32.1. The minimum absolute atomic E-state index is 0.181. The average Bonchev–Trinajstić information content (AvgIpc) is 2.66. The van der Waals surface area contributed by atoms with Gasteiger partial charge in [-0.3, -0.25) is 4.79 Å². The molecule has 0 radical (unpaired) electrons. The molecule has 0 unspecified atom stereocenters. The Kier molecular flexibility index (Phi) is 6.98. The van der Waals surface area contributed by atoms with Gasteiger partial charge in [-0.05, 0) is 32.0 Å². The van der Waals surface area contributed by atoms with Crippen LogP contribution in [0, 0.1) is 6.92 Å². The first-order valence-electron chi connectivity index (χ1n) is 8.78. The molecule has 0 saturated carbocycles. The van der Waals surface area contributed by atoms with Gasteiger partial charge in [-0.25, -0.2) is 8.42 Å². The van der Waals surface area contributed by atoms with E-state index in [2.05, 4.69) is 5.32 Å². The van der Waals surface area contributed by atoms with E-state index in [1.165, 1.54) is 4.31 Å². The third-order valence-corrected chi connectivity index (χ3v) is 6.25. The Hall–Kier alpha value is -2.38. The van der Waals surface area contributed by atoms with Gasteiger partial charge in [-0.2, -0.15) is 4.31 Å². The van der Waals surface area contributed by atoms with Crippen molar-refractivity contribution in [2.75, 3.05) is 20.2 Å². The number of aryl methyl sites for hydroxylation is 1. The first-order valence-corrected chi connectivity index (χ1v) is 10.2. The van der Waals surface area contributed by atoms with Crippen molar-refractivity contribution >= 4 is 15.9 Å². The summed E-state index contributed by atoms with van der Waals surface area (Å²) in [7, 11) is -2.16. The van der Waals surface area contributed by atoms with Gasteiger partial charge >= 0.3 is 0 Å². The highest BCUT2D eigenvalue weighted by molar-refractivity contribution is 7.89. The molecule has 0 aromatic heterocycles. The van der Waals surface area contributed by atoms with Gasteiger partial charge in [0.05, 0.1) is 24.6 Å². The molecule has 2 rings (SSSR count). The number of carbonyl (C=O) groups excluding carboxylic acids is 1. The van der Waals surface area contributed by atoms with E-state index in [0.717, 1.165) is 11.1 Å². The molecule has 0 aliphatic carbocycles. The lowest BCUT2D eigenvalue weighted by molar-refractivity contribution is -0.121. The minimum Gasteiger partial charge on any atom is -0.496 e. The third-order valence-electron chi connectivity index (χ3n) is 4.31. The summed E-state index contributed by atoms with van der Waals surface area (Å²) >= 11 is 0. The van der Waals surface area contributed by atoms with Crippen LogP contribution in [-0.2, 0) is 14.8 Å². The zero-order valence-corrected chi connectivity index (χ0v) is 16.9. The Morgan fingerprint density at radius 3 is 2.37 bits per heavy atom. The van der Waals surface area contributed by atoms with E-state index in [-0.39, 0.29) is 29.9 Å². The molecular formula is C20H26N2O4S. The van der Waals surface area contributed by atoms with Gasteiger partial charge in [0.1, 0.15) is 5.75 Å². The van der Waals surface area contributed by atoms with Crippen LogP contribution in [0.15, 0.2) is 53.4 Å². The van der Waals surface area contributed by atoms with Gasteiger partial charge in [-0.1, -0.05) is 42.8 Å². The molecule has 7 heteroatoms. The van der Waals surface area contributed by atoms with Crippen LogP contribution in [0.1, 0.15) is 31.0 Å². The smallest absolute Gasteiger partial charge is 0.243 e. The van der Waals surface area contributed by atoms with Crippen LogP contribution >= 0.6 is 0 Å². The number of benzene rings is 2. The standard InChI is InChI=1S/C20H26N2O4S/c1-5-22(27(24,25)17-12-10-15(2)11-13-17)14-20(23)21-16(3)18-8-6-7-9-19(18)26-4/h6-13,16H,5,14H2,1-4H3,(H,21,23)/t16-/m1/s1. The number of carbonyl (C=O) groups is 1. The van der Waals surface area contributed by atoms with Crippen LogP contribution in [0.4, 0.5) is 0 Å². The van der Waals surface area contributed by atoms with E-state index in [0.29, 0.717) is 5.75 Å². The van der Waals surface area contributed by atoms with Crippen molar-refractivity contribution in [1.29, 1.82) is 0 Å². The number of rotatable bonds is 8. The number of amides is 1. The molecule has 1 amide bonds. The van der Waals surface area contributed by atoms with Gasteiger partial charge < -0.3 is 10.1 Å². The molecule has 0 bridgehead atoms. The Balaban J connectivity index is 2.11. The first kappa shape index (κ1) is 20.9. The van der Waals surface area contributed by atoms with Gasteiger partial charge in [0, 0.05) is 12.1 Å². The molecule has 0 fully saturated rings. The maximum absolute atomic E-state index is 12.8. The highest BCUT2D eigenvalue weighted by Crippen LogP contribution is 2.24. The number of nitrogens with one attached hydrogen (secondary N) is 1. The largest absolute Gasteiger partial charge is 0.496 e. The van der Waals surface area contributed by atoms with Crippen LogP contribution in [-0.4, -0.2) is 38.8 Å². The summed E-state index contributed by atoms with van der Waals surface area (Å²) in [4.78, 5) is 12.7. The zero-order valence-electron chi connectivity index (χ0n) is 16.1. The predicted molar refractivity (Wildman–Crippen MR) is 105 cm³/mol. The molecule has 1 atom stereocenters. The van der Waals surface area contributed by atoms with Crippen LogP contribution in [0.2, 0.25) is 0 Å². The molecular weight excluding hydrogens is 364 g/mol. The maximum Gasteiger partial charge on any atom is 0.243 e. The molecule has 146 valence electrons. The second-order valence-corrected chi connectivity index (χ2v) is 8.21. The molecule has 2 aromatic carbocycles. The average molecular weight is 391 g/mol. The summed E-state index contributed by atoms with van der Waals surface area (Å²) in [5, 5.41) is 2.84. The quantitative estimate of drug-likeness (QED) is 0.752. The lowest BCUT2D eigenvalue weighted by Crippen LogP contribution is -2.41. The van der Waals surface area contributed by atoms with Crippen LogP contribution in [0.3, 0.4) is 0 Å². The second kappa shape index (κ2) is 9.01. The van der Waals surface area contributed by atoms with Crippen molar-refractivity contribution in [2.45, 2.75) is 31.7 Å². The van der Waals surface area contributed by atoms with Crippen LogP contribution in [0.5, 0.6) is 5.75 Å². The van der Waals surface area contributed by atoms with E-state index < -0.39 is 10.0 Å². The Morgan fingerprint density at radius 1 is 1.15 bits per heavy atom. The highest BCUT2D eigenvalue weighted by Gasteiger charge is 2.26. The summed E-state index contributed by atoms with van der Waals surface area (Å²) in [6, 6.07) is 13.7. The van der Waals surface area contributed by atoms with Crippen LogP contribution in [0.25, 0.3) is 0 Å². The Morgan fingerprint density at radius 2 is 1.78 bits per heavy atom. The molecule has 2 aromatic rings. The van der Waals surface area contributed by atoms with Crippen LogP contribution < -0.4 is 10.1 Å². The molecule has 1 N–H and O–H groups in total. The SMILES string of the molecule is CCN(CC(=O)N[C@H](C)c1ccccc1OC)S(=O)(=O)c1ccc(C)cc1. The fraction of sp³-hybridized carbons (Fsp3) is 0.350. The lowest BCUT2D eigenvalue weighted by Gasteiger charge is -2.22. The van der Waals surface area contributed by atoms with Crippen molar-refractivity contribution in [3.05, 3.63) is 59.7 Å². The molecule has 27 heavy (non-hydrogen) atoms. The number of sulfonamides is 1. The molecule has 0 spiro atoms. The Labute approximate surface area is 161 Å². The van der Waals surface area contributed by atoms with E-state index in [1.807, 2.05) is 38.1 Å². The van der Waals surface area contributed by atoms with Gasteiger partial charge in [0.2, 0.25) is 15.9 Å². The summed E-state index contributed by atoms with van der Waals surface area (Å²) in [5.41, 5.74) is 1.80. The van der Waals surface area contributed by atoms with Gasteiger partial charge in [-0.15, -0.1) is 0 Å². The zero-order chi connectivity index (χ0) is 20.0. The molecule has 0 heterocycles. The van der Waals surface area contributed by atoms with E-state index in [4.69, 9.17) is 4.74 Å². The summed E-state index contributed by atoms with van der Waals surface area (Å²) in [6.07, 6.45) is 0. The van der Waals surface area contributed by atoms with Crippen molar-refractivity contribution in [3.63, 3.8) is 0 Å². The number of nitrogens with zero attached hydrogens (tertiary/aromatic N) is 1. The monoisotopic (exact) mass is 390 g/mol. The number of hydrogen-bond acceptors (Lipinski definition) is 4. The fourth-order valence-corrected chi connectivity index (χ4v) is 4.18. The lowest BCUT2D eigenvalue weighted by atomic mass is 10.1. The Bertz CT molecular complexity index is 879. The number of para-hydroxylation sites is 1. The number of methoxy groups -OCH3 is 1. The van der Waals surface area contributed by atoms with E-state index in [9.17, 15) is 13.2 Å². The molecule has 0 saturated heterocycles. The summed E-state index contributed by atoms with van der Waals surface area (Å²) in [6.45, 7) is 5.39. The van der Waals surface area contributed by atoms with Crippen molar-refractivity contribution in [1.82, 2.24) is 9.62 Å². The maximum atomic E-state index is 12.8. The van der Waals surface area contributed by atoms with Crippen molar-refractivity contribution < 1.29 is 17.9 Å². The fourth-order valence-electron chi connectivity index (χ4n) is 2.78. The predicted octanol–water partition coefficient (Wildman–Crippen LogP) is 2.89. The van der Waals surface area contributed by atoms with Gasteiger partial charge in [0.15, 0.2) is 0 Å².